The van der Waals surface area contributed by atoms with Crippen LogP contribution in [0.15, 0.2) is 10.4 Å². The summed E-state index contributed by atoms with van der Waals surface area (Å²) in [4.78, 5) is 11.1. The molecule has 1 aromatic heterocycles. The van der Waals surface area contributed by atoms with Crippen LogP contribution in [0.3, 0.4) is 0 Å². The van der Waals surface area contributed by atoms with Crippen LogP contribution in [0.1, 0.15) is 44.3 Å². The van der Waals surface area contributed by atoms with Crippen LogP contribution in [0.25, 0.3) is 0 Å². The minimum absolute atomic E-state index is 0.0730. The van der Waals surface area contributed by atoms with E-state index in [9.17, 15) is 0 Å². The molecule has 0 amide bonds. The highest BCUT2D eigenvalue weighted by Gasteiger charge is 2.20. The third-order valence-corrected chi connectivity index (χ3v) is 4.56. The van der Waals surface area contributed by atoms with Gasteiger partial charge in [0.05, 0.1) is 12.2 Å². The summed E-state index contributed by atoms with van der Waals surface area (Å²) in [5, 5.41) is 9.91. The smallest absolute Gasteiger partial charge is 0.191 e. The van der Waals surface area contributed by atoms with Gasteiger partial charge in [-0.25, -0.2) is 4.98 Å². The molecule has 0 saturated carbocycles. The van der Waals surface area contributed by atoms with Gasteiger partial charge in [-0.15, -0.1) is 11.3 Å². The van der Waals surface area contributed by atoms with Gasteiger partial charge in [0.2, 0.25) is 0 Å². The van der Waals surface area contributed by atoms with Gasteiger partial charge in [-0.2, -0.15) is 0 Å². The molecule has 0 unspecified atom stereocenters. The first-order valence-electron chi connectivity index (χ1n) is 7.32. The first-order chi connectivity index (χ1) is 9.76. The van der Waals surface area contributed by atoms with Gasteiger partial charge in [-0.3, -0.25) is 4.99 Å². The van der Waals surface area contributed by atoms with E-state index in [2.05, 4.69) is 72.7 Å². The van der Waals surface area contributed by atoms with E-state index in [-0.39, 0.29) is 5.54 Å². The lowest BCUT2D eigenvalue weighted by molar-refractivity contribution is 0.197. The highest BCUT2D eigenvalue weighted by Crippen LogP contribution is 2.17. The lowest BCUT2D eigenvalue weighted by Crippen LogP contribution is -2.50. The van der Waals surface area contributed by atoms with Gasteiger partial charge in [-0.1, -0.05) is 13.8 Å². The summed E-state index contributed by atoms with van der Waals surface area (Å²) in [7, 11) is 5.96. The summed E-state index contributed by atoms with van der Waals surface area (Å²) >= 11 is 1.69. The third-order valence-electron chi connectivity index (χ3n) is 3.69. The van der Waals surface area contributed by atoms with Crippen LogP contribution in [-0.2, 0) is 6.54 Å². The van der Waals surface area contributed by atoms with Crippen LogP contribution >= 0.6 is 11.3 Å². The molecule has 0 aliphatic carbocycles. The zero-order chi connectivity index (χ0) is 16.0. The fourth-order valence-electron chi connectivity index (χ4n) is 1.51. The van der Waals surface area contributed by atoms with Crippen molar-refractivity contribution >= 4 is 17.3 Å². The van der Waals surface area contributed by atoms with Gasteiger partial charge < -0.3 is 15.5 Å². The minimum atomic E-state index is 0.0730. The van der Waals surface area contributed by atoms with E-state index in [1.807, 2.05) is 0 Å². The number of rotatable bonds is 6. The number of hydrogen-bond acceptors (Lipinski definition) is 4. The van der Waals surface area contributed by atoms with E-state index in [4.69, 9.17) is 0 Å². The molecule has 1 heterocycles. The molecule has 0 aromatic carbocycles. The number of thiazole rings is 1. The summed E-state index contributed by atoms with van der Waals surface area (Å²) < 4.78 is 0. The fraction of sp³-hybridized carbons (Fsp3) is 0.733. The van der Waals surface area contributed by atoms with Crippen LogP contribution in [-0.4, -0.2) is 49.1 Å². The van der Waals surface area contributed by atoms with Gasteiger partial charge in [0.1, 0.15) is 5.01 Å². The number of aliphatic imine (C=N–C) groups is 1. The summed E-state index contributed by atoms with van der Waals surface area (Å²) in [6.07, 6.45) is 0. The SMILES string of the molecule is CN=C(NCc1nc(C(C)C)cs1)NCC(C)(C)N(C)C. The molecule has 0 saturated heterocycles. The van der Waals surface area contributed by atoms with Gasteiger partial charge in [0.15, 0.2) is 5.96 Å². The average Bonchev–Trinajstić information content (AvgIpc) is 2.87. The van der Waals surface area contributed by atoms with Crippen molar-refractivity contribution < 1.29 is 0 Å². The second-order valence-electron chi connectivity index (χ2n) is 6.31. The zero-order valence-corrected chi connectivity index (χ0v) is 15.1. The second kappa shape index (κ2) is 7.75. The molecule has 0 fully saturated rings. The first-order valence-corrected chi connectivity index (χ1v) is 8.20. The summed E-state index contributed by atoms with van der Waals surface area (Å²) in [6, 6.07) is 0. The topological polar surface area (TPSA) is 52.6 Å². The van der Waals surface area contributed by atoms with Crippen molar-refractivity contribution in [3.63, 3.8) is 0 Å². The lowest BCUT2D eigenvalue weighted by Gasteiger charge is -2.33. The number of nitrogens with one attached hydrogen (secondary N) is 2. The van der Waals surface area contributed by atoms with Crippen molar-refractivity contribution in [3.05, 3.63) is 16.1 Å². The molecule has 6 heteroatoms. The molecular weight excluding hydrogens is 282 g/mol. The Kier molecular flexibility index (Phi) is 6.61. The van der Waals surface area contributed by atoms with Crippen LogP contribution in [0, 0.1) is 0 Å². The molecule has 0 aliphatic heterocycles. The first kappa shape index (κ1) is 17.9. The quantitative estimate of drug-likeness (QED) is 0.625. The van der Waals surface area contributed by atoms with E-state index in [0.29, 0.717) is 12.5 Å². The Morgan fingerprint density at radius 1 is 1.38 bits per heavy atom. The van der Waals surface area contributed by atoms with E-state index < -0.39 is 0 Å². The number of likely N-dealkylation sites (N-methyl/N-ethyl adjacent to an activating group) is 1. The Labute approximate surface area is 132 Å². The predicted octanol–water partition coefficient (Wildman–Crippen LogP) is 2.27. The highest BCUT2D eigenvalue weighted by molar-refractivity contribution is 7.09. The predicted molar refractivity (Wildman–Crippen MR) is 92.2 cm³/mol. The molecule has 120 valence electrons. The molecule has 1 aromatic rings. The van der Waals surface area contributed by atoms with Gasteiger partial charge in [0.25, 0.3) is 0 Å². The van der Waals surface area contributed by atoms with Crippen molar-refractivity contribution in [2.24, 2.45) is 4.99 Å². The second-order valence-corrected chi connectivity index (χ2v) is 7.25. The molecule has 1 rings (SSSR count). The molecular formula is C15H29N5S. The van der Waals surface area contributed by atoms with Gasteiger partial charge in [0, 0.05) is 24.5 Å². The number of hydrogen-bond donors (Lipinski definition) is 2. The minimum Gasteiger partial charge on any atom is -0.355 e. The maximum absolute atomic E-state index is 4.62. The maximum Gasteiger partial charge on any atom is 0.191 e. The summed E-state index contributed by atoms with van der Waals surface area (Å²) in [5.41, 5.74) is 1.23. The Morgan fingerprint density at radius 3 is 2.52 bits per heavy atom. The lowest BCUT2D eigenvalue weighted by atomic mass is 10.0. The third kappa shape index (κ3) is 5.63. The zero-order valence-electron chi connectivity index (χ0n) is 14.3. The number of nitrogens with zero attached hydrogens (tertiary/aromatic N) is 3. The molecule has 0 radical (unpaired) electrons. The molecule has 0 aliphatic rings. The van der Waals surface area contributed by atoms with Crippen molar-refractivity contribution in [2.75, 3.05) is 27.7 Å². The average molecular weight is 311 g/mol. The monoisotopic (exact) mass is 311 g/mol. The Hall–Kier alpha value is -1.14. The molecule has 0 bridgehead atoms. The van der Waals surface area contributed by atoms with Crippen LogP contribution < -0.4 is 10.6 Å². The normalized spacial score (nSPS) is 13.1. The van der Waals surface area contributed by atoms with Crippen LogP contribution in [0.2, 0.25) is 0 Å². The fourth-order valence-corrected chi connectivity index (χ4v) is 2.40. The molecule has 2 N–H and O–H groups in total. The van der Waals surface area contributed by atoms with Gasteiger partial charge in [-0.05, 0) is 33.9 Å². The number of aromatic nitrogens is 1. The Bertz CT molecular complexity index is 462. The largest absolute Gasteiger partial charge is 0.355 e. The van der Waals surface area contributed by atoms with Crippen molar-refractivity contribution in [1.29, 1.82) is 0 Å². The Morgan fingerprint density at radius 2 is 2.05 bits per heavy atom. The maximum atomic E-state index is 4.62. The van der Waals surface area contributed by atoms with E-state index >= 15 is 0 Å². The molecule has 0 atom stereocenters. The van der Waals surface area contributed by atoms with Crippen molar-refractivity contribution in [1.82, 2.24) is 20.5 Å². The molecule has 21 heavy (non-hydrogen) atoms. The Balaban J connectivity index is 2.48. The van der Waals surface area contributed by atoms with Crippen LogP contribution in [0.5, 0.6) is 0 Å². The van der Waals surface area contributed by atoms with E-state index in [1.165, 1.54) is 0 Å². The van der Waals surface area contributed by atoms with E-state index in [1.54, 1.807) is 18.4 Å². The van der Waals surface area contributed by atoms with Gasteiger partial charge >= 0.3 is 0 Å². The van der Waals surface area contributed by atoms with E-state index in [0.717, 1.165) is 23.2 Å². The standard InChI is InChI=1S/C15H29N5S/c1-11(2)12-9-21-13(19-12)8-17-14(16-5)18-10-15(3,4)20(6)7/h9,11H,8,10H2,1-7H3,(H2,16,17,18). The molecule has 5 nitrogen and oxygen atoms in total. The molecule has 0 spiro atoms. The summed E-state index contributed by atoms with van der Waals surface area (Å²) in [6.45, 7) is 10.3. The number of guanidine groups is 1. The van der Waals surface area contributed by atoms with Crippen LogP contribution in [0.4, 0.5) is 0 Å². The van der Waals surface area contributed by atoms with Crippen molar-refractivity contribution in [3.8, 4) is 0 Å². The highest BCUT2D eigenvalue weighted by atomic mass is 32.1. The van der Waals surface area contributed by atoms with Crippen molar-refractivity contribution in [2.45, 2.75) is 45.7 Å². The summed E-state index contributed by atoms with van der Waals surface area (Å²) in [5.74, 6) is 1.29.